The second kappa shape index (κ2) is 9.33. The van der Waals surface area contributed by atoms with E-state index in [0.29, 0.717) is 12.1 Å². The van der Waals surface area contributed by atoms with Gasteiger partial charge in [0.15, 0.2) is 0 Å². The fourth-order valence-corrected chi connectivity index (χ4v) is 3.81. The Hall–Kier alpha value is -3.15. The van der Waals surface area contributed by atoms with Crippen LogP contribution in [0.4, 0.5) is 23.2 Å². The number of hydrogen-bond donors (Lipinski definition) is 2. The minimum atomic E-state index is -5.04. The van der Waals surface area contributed by atoms with E-state index in [2.05, 4.69) is 5.32 Å². The van der Waals surface area contributed by atoms with Crippen molar-refractivity contribution in [2.75, 3.05) is 11.3 Å². The number of rotatable bonds is 7. The van der Waals surface area contributed by atoms with Gasteiger partial charge in [0, 0.05) is 0 Å². The lowest BCUT2D eigenvalue weighted by molar-refractivity contribution is -0.145. The third-order valence-corrected chi connectivity index (χ3v) is 5.36. The van der Waals surface area contributed by atoms with Gasteiger partial charge in [0.2, 0.25) is 0 Å². The molecular formula is C19H18F4N2O5S. The highest BCUT2D eigenvalue weighted by molar-refractivity contribution is 7.92. The predicted molar refractivity (Wildman–Crippen MR) is 102 cm³/mol. The Morgan fingerprint density at radius 1 is 1.13 bits per heavy atom. The van der Waals surface area contributed by atoms with Crippen LogP contribution in [0.1, 0.15) is 29.8 Å². The van der Waals surface area contributed by atoms with E-state index >= 15 is 0 Å². The molecule has 2 aromatic rings. The molecule has 7 nitrogen and oxygen atoms in total. The van der Waals surface area contributed by atoms with Crippen molar-refractivity contribution in [3.63, 3.8) is 0 Å². The summed E-state index contributed by atoms with van der Waals surface area (Å²) in [6.07, 6.45) is -5.04. The molecule has 0 radical (unpaired) electrons. The summed E-state index contributed by atoms with van der Waals surface area (Å²) in [5, 5.41) is 2.26. The molecule has 0 aliphatic rings. The molecule has 1 amide bonds. The lowest BCUT2D eigenvalue weighted by atomic mass is 10.2. The molecule has 1 atom stereocenters. The first-order valence-electron chi connectivity index (χ1n) is 8.83. The number of benzene rings is 2. The molecule has 0 spiro atoms. The van der Waals surface area contributed by atoms with Crippen LogP contribution in [0.5, 0.6) is 0 Å². The van der Waals surface area contributed by atoms with Crippen molar-refractivity contribution in [2.24, 2.45) is 0 Å². The van der Waals surface area contributed by atoms with Crippen molar-refractivity contribution in [1.29, 1.82) is 0 Å². The van der Waals surface area contributed by atoms with Crippen molar-refractivity contribution in [2.45, 2.75) is 31.0 Å². The molecule has 1 unspecified atom stereocenters. The maximum Gasteiger partial charge on any atom is 0.418 e. The van der Waals surface area contributed by atoms with E-state index in [1.54, 1.807) is 11.6 Å². The smallest absolute Gasteiger partial charge is 0.418 e. The lowest BCUT2D eigenvalue weighted by Crippen LogP contribution is -2.40. The van der Waals surface area contributed by atoms with Gasteiger partial charge in [-0.25, -0.2) is 17.6 Å². The molecule has 31 heavy (non-hydrogen) atoms. The van der Waals surface area contributed by atoms with E-state index in [4.69, 9.17) is 4.74 Å². The molecule has 2 rings (SSSR count). The maximum absolute atomic E-state index is 13.3. The van der Waals surface area contributed by atoms with Gasteiger partial charge in [0.25, 0.3) is 15.9 Å². The third-order valence-electron chi connectivity index (χ3n) is 3.94. The number of nitrogens with one attached hydrogen (secondary N) is 2. The zero-order valence-corrected chi connectivity index (χ0v) is 17.1. The molecule has 2 aromatic carbocycles. The van der Waals surface area contributed by atoms with Crippen LogP contribution < -0.4 is 10.0 Å². The molecule has 0 saturated carbocycles. The average Bonchev–Trinajstić information content (AvgIpc) is 2.68. The zero-order valence-electron chi connectivity index (χ0n) is 16.3. The first-order valence-corrected chi connectivity index (χ1v) is 10.3. The quantitative estimate of drug-likeness (QED) is 0.486. The minimum Gasteiger partial charge on any atom is -0.464 e. The van der Waals surface area contributed by atoms with Gasteiger partial charge in [-0.15, -0.1) is 0 Å². The molecule has 0 aromatic heterocycles. The van der Waals surface area contributed by atoms with Gasteiger partial charge in [-0.2, -0.15) is 13.2 Å². The molecule has 0 aliphatic heterocycles. The Morgan fingerprint density at radius 3 is 2.39 bits per heavy atom. The van der Waals surface area contributed by atoms with Gasteiger partial charge in [0.1, 0.15) is 16.8 Å². The number of esters is 1. The fraction of sp³-hybridized carbons (Fsp3) is 0.263. The van der Waals surface area contributed by atoms with Crippen LogP contribution in [0, 0.1) is 5.82 Å². The molecule has 0 fully saturated rings. The van der Waals surface area contributed by atoms with Crippen LogP contribution >= 0.6 is 0 Å². The van der Waals surface area contributed by atoms with Gasteiger partial charge >= 0.3 is 12.1 Å². The number of carbonyl (C=O) groups is 2. The van der Waals surface area contributed by atoms with Crippen molar-refractivity contribution < 1.29 is 40.3 Å². The molecule has 12 heteroatoms. The highest BCUT2D eigenvalue weighted by Gasteiger charge is 2.35. The Kier molecular flexibility index (Phi) is 7.26. The summed E-state index contributed by atoms with van der Waals surface area (Å²) >= 11 is 0. The van der Waals surface area contributed by atoms with Crippen LogP contribution in [-0.2, 0) is 25.7 Å². The number of sulfonamides is 1. The van der Waals surface area contributed by atoms with Crippen LogP contribution in [0.25, 0.3) is 0 Å². The van der Waals surface area contributed by atoms with Crippen LogP contribution in [0.15, 0.2) is 47.4 Å². The second-order valence-electron chi connectivity index (χ2n) is 6.24. The minimum absolute atomic E-state index is 0.0626. The Labute approximate surface area is 175 Å². The van der Waals surface area contributed by atoms with Crippen LogP contribution in [0.2, 0.25) is 0 Å². The summed E-state index contributed by atoms with van der Waals surface area (Å²) in [4.78, 5) is 23.6. The lowest BCUT2D eigenvalue weighted by Gasteiger charge is -2.17. The van der Waals surface area contributed by atoms with Gasteiger partial charge in [0.05, 0.1) is 23.4 Å². The Balaban J connectivity index is 2.40. The average molecular weight is 462 g/mol. The highest BCUT2D eigenvalue weighted by atomic mass is 32.2. The standard InChI is InChI=1S/C19H18F4N2O5S/c1-3-30-18(27)11(2)24-17(26)13-6-4-5-7-16(13)31(28,29)25-15-9-8-12(20)10-14(15)19(21,22)23/h4-11,25H,3H2,1-2H3,(H,24,26). The fourth-order valence-electron chi connectivity index (χ4n) is 2.53. The van der Waals surface area contributed by atoms with Crippen molar-refractivity contribution in [1.82, 2.24) is 5.32 Å². The SMILES string of the molecule is CCOC(=O)C(C)NC(=O)c1ccccc1S(=O)(=O)Nc1ccc(F)cc1C(F)(F)F. The molecule has 0 heterocycles. The summed E-state index contributed by atoms with van der Waals surface area (Å²) in [5.74, 6) is -2.92. The topological polar surface area (TPSA) is 102 Å². The molecule has 0 aliphatic carbocycles. The number of hydrogen-bond acceptors (Lipinski definition) is 5. The van der Waals surface area contributed by atoms with Gasteiger partial charge < -0.3 is 10.1 Å². The monoisotopic (exact) mass is 462 g/mol. The highest BCUT2D eigenvalue weighted by Crippen LogP contribution is 2.36. The second-order valence-corrected chi connectivity index (χ2v) is 7.89. The Bertz CT molecular complexity index is 1090. The maximum atomic E-state index is 13.3. The number of amides is 1. The van der Waals surface area contributed by atoms with Crippen molar-refractivity contribution >= 4 is 27.6 Å². The first-order chi connectivity index (χ1) is 14.4. The largest absolute Gasteiger partial charge is 0.464 e. The van der Waals surface area contributed by atoms with Crippen LogP contribution in [-0.4, -0.2) is 32.9 Å². The number of ether oxygens (including phenoxy) is 1. The number of alkyl halides is 3. The Morgan fingerprint density at radius 2 is 1.77 bits per heavy atom. The number of carbonyl (C=O) groups excluding carboxylic acids is 2. The molecular weight excluding hydrogens is 444 g/mol. The van der Waals surface area contributed by atoms with Crippen molar-refractivity contribution in [3.8, 4) is 0 Å². The summed E-state index contributed by atoms with van der Waals surface area (Å²) in [6, 6.07) is 5.05. The van der Waals surface area contributed by atoms with Crippen LogP contribution in [0.3, 0.4) is 0 Å². The van der Waals surface area contributed by atoms with E-state index < -0.39 is 61.6 Å². The van der Waals surface area contributed by atoms with E-state index in [0.717, 1.165) is 12.1 Å². The van der Waals surface area contributed by atoms with Crippen molar-refractivity contribution in [3.05, 3.63) is 59.4 Å². The van der Waals surface area contributed by atoms with E-state index in [-0.39, 0.29) is 12.7 Å². The van der Waals surface area contributed by atoms with Gasteiger partial charge in [-0.3, -0.25) is 9.52 Å². The summed E-state index contributed by atoms with van der Waals surface area (Å²) < 4.78 is 84.9. The molecule has 168 valence electrons. The third kappa shape index (κ3) is 5.94. The number of anilines is 1. The summed E-state index contributed by atoms with van der Waals surface area (Å²) in [5.41, 5.74) is -2.86. The van der Waals surface area contributed by atoms with Gasteiger partial charge in [-0.05, 0) is 44.2 Å². The predicted octanol–water partition coefficient (Wildman–Crippen LogP) is 3.33. The van der Waals surface area contributed by atoms with E-state index in [9.17, 15) is 35.6 Å². The summed E-state index contributed by atoms with van der Waals surface area (Å²) in [7, 11) is -4.70. The zero-order chi connectivity index (χ0) is 23.4. The first kappa shape index (κ1) is 24.1. The van der Waals surface area contributed by atoms with Gasteiger partial charge in [-0.1, -0.05) is 12.1 Å². The summed E-state index contributed by atoms with van der Waals surface area (Å²) in [6.45, 7) is 2.94. The number of halogens is 4. The molecule has 0 saturated heterocycles. The molecule has 0 bridgehead atoms. The van der Waals surface area contributed by atoms with E-state index in [1.807, 2.05) is 0 Å². The molecule has 2 N–H and O–H groups in total. The van der Waals surface area contributed by atoms with E-state index in [1.165, 1.54) is 19.1 Å². The normalized spacial score (nSPS) is 12.7.